The number of anilines is 1. The highest BCUT2D eigenvalue weighted by Crippen LogP contribution is 2.33. The Morgan fingerprint density at radius 3 is 2.54 bits per heavy atom. The Balaban J connectivity index is 1.43. The first kappa shape index (κ1) is 19.0. The highest BCUT2D eigenvalue weighted by atomic mass is 35.5. The molecule has 0 radical (unpaired) electrons. The lowest BCUT2D eigenvalue weighted by Crippen LogP contribution is -2.48. The molecule has 146 valence electrons. The summed E-state index contributed by atoms with van der Waals surface area (Å²) in [4.78, 5) is 21.7. The lowest BCUT2D eigenvalue weighted by molar-refractivity contribution is 0.0746. The number of nitrogens with zero attached hydrogens (tertiary/aromatic N) is 3. The Morgan fingerprint density at radius 2 is 1.86 bits per heavy atom. The molecule has 1 aliphatic heterocycles. The number of hydrogen-bond donors (Lipinski definition) is 0. The van der Waals surface area contributed by atoms with Crippen LogP contribution in [0.1, 0.15) is 22.8 Å². The van der Waals surface area contributed by atoms with Gasteiger partial charge in [-0.05, 0) is 55.8 Å². The van der Waals surface area contributed by atoms with E-state index in [1.807, 2.05) is 55.1 Å². The van der Waals surface area contributed by atoms with Crippen LogP contribution < -0.4 is 9.64 Å². The summed E-state index contributed by atoms with van der Waals surface area (Å²) in [6, 6.07) is 11.3. The molecule has 0 atom stereocenters. The fourth-order valence-electron chi connectivity index (χ4n) is 3.37. The number of piperazine rings is 1. The van der Waals surface area contributed by atoms with E-state index in [0.717, 1.165) is 44.8 Å². The number of fused-ring (bicyclic) bond motifs is 1. The molecule has 1 saturated heterocycles. The normalized spacial score (nSPS) is 14.5. The number of carbonyl (C=O) groups is 1. The summed E-state index contributed by atoms with van der Waals surface area (Å²) in [7, 11) is 0. The molecule has 7 heteroatoms. The van der Waals surface area contributed by atoms with Crippen LogP contribution in [0.3, 0.4) is 0 Å². The zero-order valence-corrected chi connectivity index (χ0v) is 17.5. The zero-order valence-electron chi connectivity index (χ0n) is 15.9. The van der Waals surface area contributed by atoms with Crippen molar-refractivity contribution >= 4 is 44.2 Å². The number of carbonyl (C=O) groups excluding carboxylic acids is 1. The molecule has 0 saturated carbocycles. The van der Waals surface area contributed by atoms with Gasteiger partial charge in [-0.3, -0.25) is 4.79 Å². The SMILES string of the molecule is CCOc1ccc(C(=O)N2CCN(c3nc4c(C)c(Cl)ccc4s3)CC2)cc1. The van der Waals surface area contributed by atoms with E-state index in [2.05, 4.69) is 4.90 Å². The summed E-state index contributed by atoms with van der Waals surface area (Å²) in [6.45, 7) is 7.47. The molecule has 2 heterocycles. The van der Waals surface area contributed by atoms with Crippen molar-refractivity contribution in [3.05, 3.63) is 52.5 Å². The van der Waals surface area contributed by atoms with Gasteiger partial charge in [-0.15, -0.1) is 0 Å². The van der Waals surface area contributed by atoms with Crippen LogP contribution >= 0.6 is 22.9 Å². The lowest BCUT2D eigenvalue weighted by Gasteiger charge is -2.34. The Labute approximate surface area is 173 Å². The summed E-state index contributed by atoms with van der Waals surface area (Å²) >= 11 is 7.90. The first-order chi connectivity index (χ1) is 13.6. The minimum absolute atomic E-state index is 0.0645. The number of amides is 1. The van der Waals surface area contributed by atoms with E-state index in [4.69, 9.17) is 21.3 Å². The average molecular weight is 416 g/mol. The molecule has 5 nitrogen and oxygen atoms in total. The number of benzene rings is 2. The van der Waals surface area contributed by atoms with Gasteiger partial charge in [-0.2, -0.15) is 0 Å². The summed E-state index contributed by atoms with van der Waals surface area (Å²) < 4.78 is 6.59. The van der Waals surface area contributed by atoms with E-state index < -0.39 is 0 Å². The van der Waals surface area contributed by atoms with Gasteiger partial charge in [0.05, 0.1) is 16.8 Å². The maximum Gasteiger partial charge on any atom is 0.253 e. The van der Waals surface area contributed by atoms with Crippen LogP contribution in [0.5, 0.6) is 5.75 Å². The molecule has 0 unspecified atom stereocenters. The van der Waals surface area contributed by atoms with E-state index in [-0.39, 0.29) is 5.91 Å². The van der Waals surface area contributed by atoms with Crippen LogP contribution in [0.2, 0.25) is 5.02 Å². The van der Waals surface area contributed by atoms with Crippen LogP contribution in [0.25, 0.3) is 10.2 Å². The molecule has 0 bridgehead atoms. The van der Waals surface area contributed by atoms with E-state index in [0.29, 0.717) is 25.3 Å². The largest absolute Gasteiger partial charge is 0.494 e. The van der Waals surface area contributed by atoms with Gasteiger partial charge >= 0.3 is 0 Å². The van der Waals surface area contributed by atoms with Gasteiger partial charge in [0.1, 0.15) is 5.75 Å². The fourth-order valence-corrected chi connectivity index (χ4v) is 4.60. The van der Waals surface area contributed by atoms with Crippen molar-refractivity contribution in [3.8, 4) is 5.75 Å². The molecular formula is C21H22ClN3O2S. The predicted octanol–water partition coefficient (Wildman–Crippen LogP) is 4.62. The van der Waals surface area contributed by atoms with Crippen LogP contribution in [0.15, 0.2) is 36.4 Å². The summed E-state index contributed by atoms with van der Waals surface area (Å²) in [5, 5.41) is 1.74. The van der Waals surface area contributed by atoms with Crippen molar-refractivity contribution in [2.75, 3.05) is 37.7 Å². The third-order valence-electron chi connectivity index (χ3n) is 4.99. The van der Waals surface area contributed by atoms with Gasteiger partial charge in [-0.1, -0.05) is 22.9 Å². The molecule has 0 N–H and O–H groups in total. The smallest absolute Gasteiger partial charge is 0.253 e. The molecule has 4 rings (SSSR count). The monoisotopic (exact) mass is 415 g/mol. The number of aryl methyl sites for hydroxylation is 1. The van der Waals surface area contributed by atoms with Crippen molar-refractivity contribution in [2.45, 2.75) is 13.8 Å². The molecule has 28 heavy (non-hydrogen) atoms. The zero-order chi connectivity index (χ0) is 19.7. The van der Waals surface area contributed by atoms with Crippen molar-refractivity contribution in [2.24, 2.45) is 0 Å². The molecule has 0 aliphatic carbocycles. The second-order valence-electron chi connectivity index (χ2n) is 6.75. The molecule has 1 aliphatic rings. The van der Waals surface area contributed by atoms with Crippen molar-refractivity contribution < 1.29 is 9.53 Å². The van der Waals surface area contributed by atoms with Gasteiger partial charge in [0.2, 0.25) is 0 Å². The minimum Gasteiger partial charge on any atom is -0.494 e. The third-order valence-corrected chi connectivity index (χ3v) is 6.48. The van der Waals surface area contributed by atoms with Crippen molar-refractivity contribution in [1.82, 2.24) is 9.88 Å². The van der Waals surface area contributed by atoms with Crippen LogP contribution in [-0.4, -0.2) is 48.6 Å². The Kier molecular flexibility index (Phi) is 5.42. The molecule has 3 aromatic rings. The Bertz CT molecular complexity index is 995. The maximum absolute atomic E-state index is 12.8. The van der Waals surface area contributed by atoms with Gasteiger partial charge < -0.3 is 14.5 Å². The number of thiazole rings is 1. The second-order valence-corrected chi connectivity index (χ2v) is 8.17. The standard InChI is InChI=1S/C21H22ClN3O2S/c1-3-27-16-6-4-15(5-7-16)20(26)24-10-12-25(13-11-24)21-23-19-14(2)17(22)8-9-18(19)28-21/h4-9H,3,10-13H2,1-2H3. The Morgan fingerprint density at radius 1 is 1.14 bits per heavy atom. The maximum atomic E-state index is 12.8. The number of halogens is 1. The summed E-state index contributed by atoms with van der Waals surface area (Å²) in [6.07, 6.45) is 0. The van der Waals surface area contributed by atoms with E-state index in [1.165, 1.54) is 0 Å². The van der Waals surface area contributed by atoms with Crippen LogP contribution in [0, 0.1) is 6.92 Å². The summed E-state index contributed by atoms with van der Waals surface area (Å²) in [5.41, 5.74) is 2.69. The summed E-state index contributed by atoms with van der Waals surface area (Å²) in [5.74, 6) is 0.852. The highest BCUT2D eigenvalue weighted by Gasteiger charge is 2.24. The molecule has 1 aromatic heterocycles. The molecule has 2 aromatic carbocycles. The van der Waals surface area contributed by atoms with Gasteiger partial charge in [0.25, 0.3) is 5.91 Å². The Hall–Kier alpha value is -2.31. The van der Waals surface area contributed by atoms with Crippen molar-refractivity contribution in [1.29, 1.82) is 0 Å². The third kappa shape index (κ3) is 3.66. The van der Waals surface area contributed by atoms with Crippen molar-refractivity contribution in [3.63, 3.8) is 0 Å². The van der Waals surface area contributed by atoms with Crippen LogP contribution in [-0.2, 0) is 0 Å². The molecule has 1 fully saturated rings. The molecule has 0 spiro atoms. The highest BCUT2D eigenvalue weighted by molar-refractivity contribution is 7.22. The van der Waals surface area contributed by atoms with Gasteiger partial charge in [-0.25, -0.2) is 4.98 Å². The number of rotatable bonds is 4. The molecule has 1 amide bonds. The van der Waals surface area contributed by atoms with E-state index >= 15 is 0 Å². The first-order valence-electron chi connectivity index (χ1n) is 9.39. The average Bonchev–Trinajstić information content (AvgIpc) is 3.16. The quantitative estimate of drug-likeness (QED) is 0.623. The van der Waals surface area contributed by atoms with Gasteiger partial charge in [0.15, 0.2) is 5.13 Å². The van der Waals surface area contributed by atoms with E-state index in [1.54, 1.807) is 11.3 Å². The second kappa shape index (κ2) is 7.97. The molecular weight excluding hydrogens is 394 g/mol. The minimum atomic E-state index is 0.0645. The van der Waals surface area contributed by atoms with Crippen LogP contribution in [0.4, 0.5) is 5.13 Å². The topological polar surface area (TPSA) is 45.7 Å². The predicted molar refractivity (Wildman–Crippen MR) is 115 cm³/mol. The number of hydrogen-bond acceptors (Lipinski definition) is 5. The van der Waals surface area contributed by atoms with Gasteiger partial charge in [0, 0.05) is 36.8 Å². The fraction of sp³-hybridized carbons (Fsp3) is 0.333. The van der Waals surface area contributed by atoms with E-state index in [9.17, 15) is 4.79 Å². The first-order valence-corrected chi connectivity index (χ1v) is 10.6. The number of aromatic nitrogens is 1. The lowest BCUT2D eigenvalue weighted by atomic mass is 10.1. The number of ether oxygens (including phenoxy) is 1.